The topological polar surface area (TPSA) is 77.4 Å². The predicted octanol–water partition coefficient (Wildman–Crippen LogP) is 3.63. The van der Waals surface area contributed by atoms with Crippen LogP contribution in [0.4, 0.5) is 0 Å². The van der Waals surface area contributed by atoms with Crippen LogP contribution in [-0.4, -0.2) is 59.4 Å². The standard InChI is InChI=1S/C26H42O6/c1-17-15-18-19(21(2)9-10-24(16-25(17,21)27)31-13-14-32-24)5-7-22(3)20(18)6-8-26(22,28)23(4)29-11-12-30-23/h17-20,27-28H,5-16H2,1-4H3/t17-,18+,19-,20-,21+,22-,25+,26+/m1/s1/i1D3. The minimum atomic E-state index is -2.30. The van der Waals surface area contributed by atoms with Gasteiger partial charge in [0.25, 0.3) is 0 Å². The summed E-state index contributed by atoms with van der Waals surface area (Å²) >= 11 is 0. The number of rotatable bonds is 1. The lowest BCUT2D eigenvalue weighted by Gasteiger charge is -2.67. The normalized spacial score (nSPS) is 57.8. The van der Waals surface area contributed by atoms with Gasteiger partial charge in [-0.3, -0.25) is 0 Å². The molecule has 2 aliphatic heterocycles. The summed E-state index contributed by atoms with van der Waals surface area (Å²) < 4.78 is 49.5. The molecule has 8 atom stereocenters. The molecule has 0 radical (unpaired) electrons. The zero-order valence-electron chi connectivity index (χ0n) is 22.8. The Morgan fingerprint density at radius 2 is 1.41 bits per heavy atom. The lowest BCUT2D eigenvalue weighted by Crippen LogP contribution is -2.69. The fraction of sp³-hybridized carbons (Fsp3) is 1.00. The van der Waals surface area contributed by atoms with Gasteiger partial charge in [-0.15, -0.1) is 0 Å². The molecule has 6 aliphatic rings. The molecule has 2 heterocycles. The molecule has 0 unspecified atom stereocenters. The average Bonchev–Trinajstić information content (AvgIpc) is 3.48. The third-order valence-electron chi connectivity index (χ3n) is 11.4. The summed E-state index contributed by atoms with van der Waals surface area (Å²) in [6, 6.07) is 0. The zero-order valence-corrected chi connectivity index (χ0v) is 19.8. The van der Waals surface area contributed by atoms with Crippen LogP contribution in [0.1, 0.15) is 83.1 Å². The first kappa shape index (κ1) is 19.0. The van der Waals surface area contributed by atoms with Gasteiger partial charge in [-0.05, 0) is 69.1 Å². The maximum atomic E-state index is 12.4. The Labute approximate surface area is 196 Å². The Morgan fingerprint density at radius 1 is 0.781 bits per heavy atom. The van der Waals surface area contributed by atoms with Crippen LogP contribution < -0.4 is 0 Å². The van der Waals surface area contributed by atoms with E-state index in [1.807, 2.05) is 6.92 Å². The highest BCUT2D eigenvalue weighted by Crippen LogP contribution is 2.72. The highest BCUT2D eigenvalue weighted by atomic mass is 16.8. The Kier molecular flexibility index (Phi) is 3.98. The first-order valence-corrected chi connectivity index (χ1v) is 12.7. The van der Waals surface area contributed by atoms with Crippen LogP contribution in [0.5, 0.6) is 0 Å². The van der Waals surface area contributed by atoms with Gasteiger partial charge in [0.1, 0.15) is 5.60 Å². The lowest BCUT2D eigenvalue weighted by atomic mass is 9.40. The van der Waals surface area contributed by atoms with Crippen molar-refractivity contribution in [2.45, 2.75) is 102 Å². The van der Waals surface area contributed by atoms with Crippen molar-refractivity contribution in [1.29, 1.82) is 0 Å². The molecule has 0 bridgehead atoms. The Bertz CT molecular complexity index is 870. The fourth-order valence-electron chi connectivity index (χ4n) is 9.53. The minimum Gasteiger partial charge on any atom is -0.389 e. The molecular weight excluding hydrogens is 408 g/mol. The second kappa shape index (κ2) is 6.70. The van der Waals surface area contributed by atoms with Crippen LogP contribution in [0.2, 0.25) is 0 Å². The fourth-order valence-corrected chi connectivity index (χ4v) is 9.53. The van der Waals surface area contributed by atoms with E-state index in [1.165, 1.54) is 0 Å². The van der Waals surface area contributed by atoms with Crippen molar-refractivity contribution in [3.8, 4) is 0 Å². The molecule has 0 aromatic rings. The Hall–Kier alpha value is -0.240. The van der Waals surface area contributed by atoms with E-state index < -0.39 is 46.4 Å². The molecule has 4 saturated carbocycles. The summed E-state index contributed by atoms with van der Waals surface area (Å²) in [6.07, 6.45) is 5.04. The van der Waals surface area contributed by atoms with Gasteiger partial charge < -0.3 is 29.2 Å². The van der Waals surface area contributed by atoms with Crippen molar-refractivity contribution >= 4 is 0 Å². The molecule has 0 amide bonds. The van der Waals surface area contributed by atoms with Gasteiger partial charge in [0.05, 0.1) is 32.0 Å². The van der Waals surface area contributed by atoms with Crippen LogP contribution in [0.3, 0.4) is 0 Å². The maximum Gasteiger partial charge on any atom is 0.195 e. The third kappa shape index (κ3) is 2.47. The molecule has 0 aromatic carbocycles. The quantitative estimate of drug-likeness (QED) is 0.631. The van der Waals surface area contributed by atoms with E-state index in [0.29, 0.717) is 52.1 Å². The molecule has 2 N–H and O–H groups in total. The summed E-state index contributed by atoms with van der Waals surface area (Å²) in [5.74, 6) is -2.33. The summed E-state index contributed by atoms with van der Waals surface area (Å²) in [4.78, 5) is 0. The van der Waals surface area contributed by atoms with Crippen LogP contribution in [0.25, 0.3) is 0 Å². The van der Waals surface area contributed by atoms with E-state index in [1.54, 1.807) is 0 Å². The predicted molar refractivity (Wildman–Crippen MR) is 118 cm³/mol. The molecule has 6 nitrogen and oxygen atoms in total. The van der Waals surface area contributed by atoms with Gasteiger partial charge in [-0.2, -0.15) is 0 Å². The number of ether oxygens (including phenoxy) is 4. The molecule has 6 fully saturated rings. The maximum absolute atomic E-state index is 12.4. The van der Waals surface area contributed by atoms with Crippen molar-refractivity contribution in [2.24, 2.45) is 34.5 Å². The van der Waals surface area contributed by atoms with Gasteiger partial charge in [0.2, 0.25) is 0 Å². The first-order chi connectivity index (χ1) is 16.2. The molecule has 182 valence electrons. The van der Waals surface area contributed by atoms with E-state index in [4.69, 9.17) is 23.1 Å². The van der Waals surface area contributed by atoms with Crippen molar-refractivity contribution < 1.29 is 33.3 Å². The largest absolute Gasteiger partial charge is 0.389 e. The van der Waals surface area contributed by atoms with Crippen LogP contribution in [-0.2, 0) is 18.9 Å². The van der Waals surface area contributed by atoms with Gasteiger partial charge >= 0.3 is 0 Å². The highest BCUT2D eigenvalue weighted by molar-refractivity contribution is 5.21. The molecular formula is C26H42O6. The molecule has 2 saturated heterocycles. The van der Waals surface area contributed by atoms with E-state index >= 15 is 0 Å². The molecule has 4 aliphatic carbocycles. The molecule has 32 heavy (non-hydrogen) atoms. The monoisotopic (exact) mass is 453 g/mol. The highest BCUT2D eigenvalue weighted by Gasteiger charge is 2.73. The average molecular weight is 454 g/mol. The molecule has 1 spiro atoms. The lowest BCUT2D eigenvalue weighted by molar-refractivity contribution is -0.318. The van der Waals surface area contributed by atoms with Gasteiger partial charge in [-0.25, -0.2) is 0 Å². The Morgan fingerprint density at radius 3 is 2.09 bits per heavy atom. The van der Waals surface area contributed by atoms with E-state index in [2.05, 4.69) is 13.8 Å². The number of hydrogen-bond donors (Lipinski definition) is 2. The van der Waals surface area contributed by atoms with Crippen LogP contribution >= 0.6 is 0 Å². The second-order valence-electron chi connectivity index (χ2n) is 12.3. The third-order valence-corrected chi connectivity index (χ3v) is 11.4. The van der Waals surface area contributed by atoms with E-state index in [0.717, 1.165) is 19.3 Å². The number of aliphatic hydroxyl groups is 2. The molecule has 0 aromatic heterocycles. The van der Waals surface area contributed by atoms with Crippen molar-refractivity contribution in [1.82, 2.24) is 0 Å². The van der Waals surface area contributed by atoms with Crippen molar-refractivity contribution in [3.63, 3.8) is 0 Å². The SMILES string of the molecule is [2H]C([2H])([2H])[C@@H]1C[C@H]2[C@@H](CC[C@]3(C)[C@@H]2CC[C@@]3(O)C2(C)OCCO2)[C@]2(C)CCC3(C[C@]12O)OCCO3. The molecule has 6 heteroatoms. The first-order valence-electron chi connectivity index (χ1n) is 14.2. The van der Waals surface area contributed by atoms with Crippen LogP contribution in [0.15, 0.2) is 0 Å². The van der Waals surface area contributed by atoms with Gasteiger partial charge in [0, 0.05) is 27.8 Å². The summed E-state index contributed by atoms with van der Waals surface area (Å²) in [5.41, 5.74) is -3.51. The smallest absolute Gasteiger partial charge is 0.195 e. The second-order valence-corrected chi connectivity index (χ2v) is 12.3. The number of fused-ring (bicyclic) bond motifs is 5. The Balaban J connectivity index is 1.39. The molecule has 6 rings (SSSR count). The van der Waals surface area contributed by atoms with Crippen molar-refractivity contribution in [3.05, 3.63) is 0 Å². The van der Waals surface area contributed by atoms with E-state index in [-0.39, 0.29) is 24.2 Å². The van der Waals surface area contributed by atoms with E-state index in [9.17, 15) is 10.2 Å². The van der Waals surface area contributed by atoms with Crippen molar-refractivity contribution in [2.75, 3.05) is 26.4 Å². The minimum absolute atomic E-state index is 0.114. The number of hydrogen-bond acceptors (Lipinski definition) is 6. The van der Waals surface area contributed by atoms with Gasteiger partial charge in [-0.1, -0.05) is 20.7 Å². The van der Waals surface area contributed by atoms with Gasteiger partial charge in [0.15, 0.2) is 11.6 Å². The summed E-state index contributed by atoms with van der Waals surface area (Å²) in [5, 5.41) is 24.6. The zero-order chi connectivity index (χ0) is 25.1. The summed E-state index contributed by atoms with van der Waals surface area (Å²) in [7, 11) is 0. The van der Waals surface area contributed by atoms with Crippen LogP contribution in [0, 0.1) is 34.5 Å². The summed E-state index contributed by atoms with van der Waals surface area (Å²) in [6.45, 7) is 5.78.